The average molecular weight is 266 g/mol. The number of anilines is 1. The maximum atomic E-state index is 11.7. The molecule has 0 aromatic heterocycles. The fourth-order valence-corrected chi connectivity index (χ4v) is 1.75. The molecule has 0 radical (unpaired) electrons. The molecule has 0 aliphatic rings. The Labute approximate surface area is 114 Å². The first kappa shape index (κ1) is 15.3. The summed E-state index contributed by atoms with van der Waals surface area (Å²) in [4.78, 5) is 13.7. The number of benzene rings is 1. The molecule has 1 aromatic carbocycles. The summed E-state index contributed by atoms with van der Waals surface area (Å²) >= 11 is 0. The molecule has 0 aliphatic heterocycles. The Morgan fingerprint density at radius 3 is 2.79 bits per heavy atom. The highest BCUT2D eigenvalue weighted by molar-refractivity contribution is 5.76. The van der Waals surface area contributed by atoms with Crippen LogP contribution in [0, 0.1) is 0 Å². The Morgan fingerprint density at radius 1 is 1.47 bits per heavy atom. The van der Waals surface area contributed by atoms with Gasteiger partial charge in [-0.05, 0) is 26.1 Å². The van der Waals surface area contributed by atoms with Crippen LogP contribution in [0.3, 0.4) is 0 Å². The minimum Gasteiger partial charge on any atom is -0.497 e. The van der Waals surface area contributed by atoms with Crippen LogP contribution in [-0.2, 0) is 9.53 Å². The van der Waals surface area contributed by atoms with Gasteiger partial charge in [0.25, 0.3) is 0 Å². The minimum atomic E-state index is -0.351. The lowest BCUT2D eigenvalue weighted by Gasteiger charge is -2.24. The second kappa shape index (κ2) is 7.63. The van der Waals surface area contributed by atoms with Crippen LogP contribution in [0.25, 0.3) is 0 Å². The Bertz CT molecular complexity index is 409. The van der Waals surface area contributed by atoms with Crippen LogP contribution in [0.4, 0.5) is 5.69 Å². The highest BCUT2D eigenvalue weighted by atomic mass is 16.5. The summed E-state index contributed by atoms with van der Waals surface area (Å²) in [5.74, 6) is 0.557. The van der Waals surface area contributed by atoms with Crippen LogP contribution in [0.15, 0.2) is 24.3 Å². The van der Waals surface area contributed by atoms with Crippen molar-refractivity contribution in [1.29, 1.82) is 0 Å². The summed E-state index contributed by atoms with van der Waals surface area (Å²) in [6.45, 7) is 2.72. The van der Waals surface area contributed by atoms with E-state index in [0.717, 1.165) is 11.4 Å². The highest BCUT2D eigenvalue weighted by Crippen LogP contribution is 2.19. The molecule has 0 saturated carbocycles. The van der Waals surface area contributed by atoms with E-state index >= 15 is 0 Å². The zero-order valence-electron chi connectivity index (χ0n) is 12.0. The molecule has 1 N–H and O–H groups in total. The minimum absolute atomic E-state index is 0.236. The molecule has 0 fully saturated rings. The third-order valence-corrected chi connectivity index (χ3v) is 2.87. The van der Waals surface area contributed by atoms with Gasteiger partial charge in [0.2, 0.25) is 0 Å². The Balaban J connectivity index is 2.70. The first-order valence-corrected chi connectivity index (χ1v) is 6.31. The second-order valence-corrected chi connectivity index (χ2v) is 4.18. The van der Waals surface area contributed by atoms with Crippen molar-refractivity contribution in [2.75, 3.05) is 39.3 Å². The van der Waals surface area contributed by atoms with Crippen molar-refractivity contribution < 1.29 is 14.3 Å². The highest BCUT2D eigenvalue weighted by Gasteiger charge is 2.19. The molecule has 1 aromatic rings. The maximum absolute atomic E-state index is 11.7. The number of nitrogens with one attached hydrogen (secondary N) is 1. The number of esters is 1. The summed E-state index contributed by atoms with van der Waals surface area (Å²) in [6.07, 6.45) is 0. The van der Waals surface area contributed by atoms with Gasteiger partial charge in [-0.15, -0.1) is 0 Å². The molecular formula is C14H22N2O3. The van der Waals surface area contributed by atoms with Crippen molar-refractivity contribution in [2.24, 2.45) is 0 Å². The number of rotatable bonds is 7. The topological polar surface area (TPSA) is 50.8 Å². The average Bonchev–Trinajstić information content (AvgIpc) is 2.44. The number of hydrogen-bond donors (Lipinski definition) is 1. The third-order valence-electron chi connectivity index (χ3n) is 2.87. The van der Waals surface area contributed by atoms with Gasteiger partial charge >= 0.3 is 5.97 Å². The fourth-order valence-electron chi connectivity index (χ4n) is 1.75. The summed E-state index contributed by atoms with van der Waals surface area (Å²) in [5.41, 5.74) is 0.990. The quantitative estimate of drug-likeness (QED) is 0.754. The Kier molecular flexibility index (Phi) is 6.15. The van der Waals surface area contributed by atoms with Crippen molar-refractivity contribution in [2.45, 2.75) is 13.0 Å². The van der Waals surface area contributed by atoms with Crippen molar-refractivity contribution >= 4 is 11.7 Å². The van der Waals surface area contributed by atoms with Crippen LogP contribution in [0.2, 0.25) is 0 Å². The molecule has 19 heavy (non-hydrogen) atoms. The number of nitrogens with zero attached hydrogens (tertiary/aromatic N) is 1. The van der Waals surface area contributed by atoms with Gasteiger partial charge in [-0.25, -0.2) is 0 Å². The summed E-state index contributed by atoms with van der Waals surface area (Å²) in [5, 5.41) is 2.97. The van der Waals surface area contributed by atoms with Crippen molar-refractivity contribution in [3.05, 3.63) is 24.3 Å². The number of likely N-dealkylation sites (N-methyl/N-ethyl adjacent to an activating group) is 2. The van der Waals surface area contributed by atoms with Gasteiger partial charge in [0.15, 0.2) is 0 Å². The van der Waals surface area contributed by atoms with Gasteiger partial charge in [0.05, 0.1) is 13.7 Å². The summed E-state index contributed by atoms with van der Waals surface area (Å²) < 4.78 is 10.2. The molecule has 5 heteroatoms. The van der Waals surface area contributed by atoms with Gasteiger partial charge in [-0.1, -0.05) is 6.07 Å². The molecular weight excluding hydrogens is 244 g/mol. The van der Waals surface area contributed by atoms with E-state index in [0.29, 0.717) is 13.2 Å². The molecule has 0 bridgehead atoms. The lowest BCUT2D eigenvalue weighted by molar-refractivity contribution is -0.145. The van der Waals surface area contributed by atoms with Gasteiger partial charge in [0, 0.05) is 25.3 Å². The zero-order chi connectivity index (χ0) is 14.3. The molecule has 1 atom stereocenters. The third kappa shape index (κ3) is 4.44. The molecule has 0 spiro atoms. The van der Waals surface area contributed by atoms with E-state index in [1.54, 1.807) is 21.1 Å². The first-order valence-electron chi connectivity index (χ1n) is 6.31. The summed E-state index contributed by atoms with van der Waals surface area (Å²) in [6, 6.07) is 7.36. The molecule has 0 aliphatic carbocycles. The molecule has 0 amide bonds. The normalized spacial score (nSPS) is 11.8. The predicted octanol–water partition coefficient (Wildman–Crippen LogP) is 1.28. The van der Waals surface area contributed by atoms with Crippen molar-refractivity contribution in [3.63, 3.8) is 0 Å². The summed E-state index contributed by atoms with van der Waals surface area (Å²) in [7, 11) is 5.31. The molecule has 0 saturated heterocycles. The lowest BCUT2D eigenvalue weighted by Crippen LogP contribution is -2.44. The largest absolute Gasteiger partial charge is 0.497 e. The number of ether oxygens (including phenoxy) is 2. The number of carbonyl (C=O) groups is 1. The van der Waals surface area contributed by atoms with Crippen molar-refractivity contribution in [1.82, 2.24) is 5.32 Å². The first-order chi connectivity index (χ1) is 9.12. The smallest absolute Gasteiger partial charge is 0.324 e. The fraction of sp³-hybridized carbons (Fsp3) is 0.500. The standard InChI is InChI=1S/C14H22N2O3/c1-5-19-14(17)13(15-2)10-16(3)11-7-6-8-12(9-11)18-4/h6-9,13,15H,5,10H2,1-4H3. The monoisotopic (exact) mass is 266 g/mol. The van der Waals surface area contributed by atoms with E-state index in [2.05, 4.69) is 5.32 Å². The molecule has 106 valence electrons. The molecule has 1 unspecified atom stereocenters. The molecule has 1 rings (SSSR count). The number of methoxy groups -OCH3 is 1. The predicted molar refractivity (Wildman–Crippen MR) is 75.7 cm³/mol. The SMILES string of the molecule is CCOC(=O)C(CN(C)c1cccc(OC)c1)NC. The second-order valence-electron chi connectivity index (χ2n) is 4.18. The maximum Gasteiger partial charge on any atom is 0.324 e. The molecule has 0 heterocycles. The van der Waals surface area contributed by atoms with E-state index in [-0.39, 0.29) is 12.0 Å². The van der Waals surface area contributed by atoms with E-state index in [9.17, 15) is 4.79 Å². The van der Waals surface area contributed by atoms with E-state index in [1.165, 1.54) is 0 Å². The van der Waals surface area contributed by atoms with E-state index in [1.807, 2.05) is 36.2 Å². The van der Waals surface area contributed by atoms with Crippen molar-refractivity contribution in [3.8, 4) is 5.75 Å². The Morgan fingerprint density at radius 2 is 2.21 bits per heavy atom. The number of carbonyl (C=O) groups excluding carboxylic acids is 1. The van der Waals surface area contributed by atoms with Gasteiger partial charge in [-0.2, -0.15) is 0 Å². The molecule has 5 nitrogen and oxygen atoms in total. The Hall–Kier alpha value is -1.75. The van der Waals surface area contributed by atoms with Crippen LogP contribution in [-0.4, -0.2) is 46.4 Å². The number of hydrogen-bond acceptors (Lipinski definition) is 5. The van der Waals surface area contributed by atoms with Gasteiger partial charge < -0.3 is 19.7 Å². The van der Waals surface area contributed by atoms with E-state index < -0.39 is 0 Å². The zero-order valence-corrected chi connectivity index (χ0v) is 12.0. The van der Waals surface area contributed by atoms with Crippen LogP contribution in [0.1, 0.15) is 6.92 Å². The van der Waals surface area contributed by atoms with Crippen LogP contribution < -0.4 is 15.0 Å². The van der Waals surface area contributed by atoms with Gasteiger partial charge in [0.1, 0.15) is 11.8 Å². The van der Waals surface area contributed by atoms with E-state index in [4.69, 9.17) is 9.47 Å². The lowest BCUT2D eigenvalue weighted by atomic mass is 10.2. The van der Waals surface area contributed by atoms with Crippen LogP contribution in [0.5, 0.6) is 5.75 Å². The van der Waals surface area contributed by atoms with Gasteiger partial charge in [-0.3, -0.25) is 4.79 Å². The van der Waals surface area contributed by atoms with Crippen LogP contribution >= 0.6 is 0 Å².